The molecule has 1 amide bonds. The Kier molecular flexibility index (Phi) is 7.09. The number of carbonyl (C=O) groups excluding carboxylic acids is 1. The highest BCUT2D eigenvalue weighted by Gasteiger charge is 2.18. The number of nitrogens with zero attached hydrogens (tertiary/aromatic N) is 1. The predicted octanol–water partition coefficient (Wildman–Crippen LogP) is 2.03. The van der Waals surface area contributed by atoms with Crippen LogP contribution in [0.25, 0.3) is 0 Å². The topological polar surface area (TPSA) is 107 Å². The molecule has 1 aromatic heterocycles. The average molecular weight is 444 g/mol. The molecule has 1 aromatic carbocycles. The fourth-order valence-electron chi connectivity index (χ4n) is 1.98. The van der Waals surface area contributed by atoms with Crippen molar-refractivity contribution in [1.29, 1.82) is 0 Å². The van der Waals surface area contributed by atoms with Crippen molar-refractivity contribution in [3.63, 3.8) is 0 Å². The van der Waals surface area contributed by atoms with Gasteiger partial charge in [0, 0.05) is 24.2 Å². The lowest BCUT2D eigenvalue weighted by molar-refractivity contribution is 0.102. The van der Waals surface area contributed by atoms with Crippen molar-refractivity contribution in [2.24, 2.45) is 0 Å². The van der Waals surface area contributed by atoms with Gasteiger partial charge >= 0.3 is 0 Å². The molecule has 0 spiro atoms. The molecule has 0 bridgehead atoms. The molecule has 0 aliphatic heterocycles. The standard InChI is InChI=1S/C16H18BrN3O5S/c1-24-8-7-19-26(22,23)12-4-5-14(17)13(9-12)16(21)20-11-3-6-15(25-2)18-10-11/h3-6,9-10,19H,7-8H2,1-2H3,(H,20,21). The van der Waals surface area contributed by atoms with Gasteiger partial charge in [-0.25, -0.2) is 18.1 Å². The van der Waals surface area contributed by atoms with Gasteiger partial charge in [0.05, 0.1) is 36.1 Å². The normalized spacial score (nSPS) is 11.2. The molecule has 0 saturated heterocycles. The molecule has 0 saturated carbocycles. The number of hydrogen-bond donors (Lipinski definition) is 2. The molecule has 0 aliphatic rings. The molecule has 10 heteroatoms. The number of sulfonamides is 1. The summed E-state index contributed by atoms with van der Waals surface area (Å²) >= 11 is 3.27. The first-order valence-electron chi connectivity index (χ1n) is 7.47. The van der Waals surface area contributed by atoms with Crippen LogP contribution in [0.2, 0.25) is 0 Å². The van der Waals surface area contributed by atoms with Crippen LogP contribution in [0.4, 0.5) is 5.69 Å². The lowest BCUT2D eigenvalue weighted by Gasteiger charge is -2.10. The van der Waals surface area contributed by atoms with E-state index in [1.54, 1.807) is 12.1 Å². The second kappa shape index (κ2) is 9.08. The van der Waals surface area contributed by atoms with Crippen LogP contribution in [0.3, 0.4) is 0 Å². The van der Waals surface area contributed by atoms with Gasteiger partial charge in [-0.15, -0.1) is 0 Å². The molecule has 0 unspecified atom stereocenters. The summed E-state index contributed by atoms with van der Waals surface area (Å²) in [5.74, 6) is -0.0582. The molecule has 140 valence electrons. The summed E-state index contributed by atoms with van der Waals surface area (Å²) in [6.45, 7) is 0.377. The maximum absolute atomic E-state index is 12.5. The third-order valence-electron chi connectivity index (χ3n) is 3.29. The Labute approximate surface area is 160 Å². The molecule has 0 radical (unpaired) electrons. The number of aromatic nitrogens is 1. The van der Waals surface area contributed by atoms with E-state index in [-0.39, 0.29) is 23.6 Å². The number of nitrogens with one attached hydrogen (secondary N) is 2. The zero-order valence-corrected chi connectivity index (χ0v) is 16.6. The SMILES string of the molecule is COCCNS(=O)(=O)c1ccc(Br)c(C(=O)Nc2ccc(OC)nc2)c1. The van der Waals surface area contributed by atoms with Gasteiger partial charge in [-0.2, -0.15) is 0 Å². The van der Waals surface area contributed by atoms with Crippen LogP contribution in [0.5, 0.6) is 5.88 Å². The minimum atomic E-state index is -3.75. The van der Waals surface area contributed by atoms with E-state index >= 15 is 0 Å². The van der Waals surface area contributed by atoms with Crippen molar-refractivity contribution in [2.45, 2.75) is 4.90 Å². The highest BCUT2D eigenvalue weighted by molar-refractivity contribution is 9.10. The van der Waals surface area contributed by atoms with Crippen LogP contribution in [0, 0.1) is 0 Å². The van der Waals surface area contributed by atoms with E-state index in [1.807, 2.05) is 0 Å². The summed E-state index contributed by atoms with van der Waals surface area (Å²) in [5, 5.41) is 2.66. The van der Waals surface area contributed by atoms with Crippen LogP contribution in [0.1, 0.15) is 10.4 Å². The van der Waals surface area contributed by atoms with Crippen molar-refractivity contribution < 1.29 is 22.7 Å². The molecule has 0 aliphatic carbocycles. The number of ether oxygens (including phenoxy) is 2. The van der Waals surface area contributed by atoms with Crippen LogP contribution < -0.4 is 14.8 Å². The largest absolute Gasteiger partial charge is 0.481 e. The molecule has 8 nitrogen and oxygen atoms in total. The van der Waals surface area contributed by atoms with Crippen molar-refractivity contribution in [2.75, 3.05) is 32.7 Å². The van der Waals surface area contributed by atoms with Gasteiger partial charge in [0.2, 0.25) is 15.9 Å². The van der Waals surface area contributed by atoms with E-state index in [2.05, 4.69) is 31.0 Å². The number of pyridine rings is 1. The number of amides is 1. The fraction of sp³-hybridized carbons (Fsp3) is 0.250. The maximum atomic E-state index is 12.5. The summed E-state index contributed by atoms with van der Waals surface area (Å²) in [4.78, 5) is 16.5. The highest BCUT2D eigenvalue weighted by atomic mass is 79.9. The van der Waals surface area contributed by atoms with E-state index in [9.17, 15) is 13.2 Å². The van der Waals surface area contributed by atoms with Crippen molar-refractivity contribution in [3.8, 4) is 5.88 Å². The van der Waals surface area contributed by atoms with Gasteiger partial charge < -0.3 is 14.8 Å². The van der Waals surface area contributed by atoms with E-state index in [0.717, 1.165) is 0 Å². The molecule has 0 atom stereocenters. The van der Waals surface area contributed by atoms with Crippen molar-refractivity contribution in [3.05, 3.63) is 46.6 Å². The van der Waals surface area contributed by atoms with Gasteiger partial charge in [-0.3, -0.25) is 4.79 Å². The number of rotatable bonds is 8. The molecule has 2 aromatic rings. The quantitative estimate of drug-likeness (QED) is 0.604. The molecule has 26 heavy (non-hydrogen) atoms. The number of anilines is 1. The Morgan fingerprint density at radius 2 is 2.00 bits per heavy atom. The Morgan fingerprint density at radius 3 is 2.62 bits per heavy atom. The van der Waals surface area contributed by atoms with Crippen molar-refractivity contribution in [1.82, 2.24) is 9.71 Å². The molecule has 2 N–H and O–H groups in total. The first kappa shape index (κ1) is 20.3. The van der Waals surface area contributed by atoms with Gasteiger partial charge in [0.1, 0.15) is 0 Å². The van der Waals surface area contributed by atoms with Crippen LogP contribution in [-0.2, 0) is 14.8 Å². The average Bonchev–Trinajstić information content (AvgIpc) is 2.62. The number of methoxy groups -OCH3 is 2. The lowest BCUT2D eigenvalue weighted by Crippen LogP contribution is -2.27. The summed E-state index contributed by atoms with van der Waals surface area (Å²) in [7, 11) is -0.780. The van der Waals surface area contributed by atoms with Gasteiger partial charge in [-0.1, -0.05) is 0 Å². The second-order valence-corrected chi connectivity index (χ2v) is 7.70. The highest BCUT2D eigenvalue weighted by Crippen LogP contribution is 2.22. The molecule has 1 heterocycles. The lowest BCUT2D eigenvalue weighted by atomic mass is 10.2. The van der Waals surface area contributed by atoms with Crippen LogP contribution >= 0.6 is 15.9 Å². The van der Waals surface area contributed by atoms with E-state index in [0.29, 0.717) is 16.0 Å². The minimum Gasteiger partial charge on any atom is -0.481 e. The first-order chi connectivity index (χ1) is 12.4. The summed E-state index contributed by atoms with van der Waals surface area (Å²) in [6.07, 6.45) is 1.44. The van der Waals surface area contributed by atoms with E-state index in [1.165, 1.54) is 38.6 Å². The van der Waals surface area contributed by atoms with Crippen molar-refractivity contribution >= 4 is 37.5 Å². The van der Waals surface area contributed by atoms with Crippen LogP contribution in [0.15, 0.2) is 45.9 Å². The Bertz CT molecular complexity index is 872. The minimum absolute atomic E-state index is 0.0187. The van der Waals surface area contributed by atoms with Gasteiger partial charge in [0.15, 0.2) is 0 Å². The third kappa shape index (κ3) is 5.24. The summed E-state index contributed by atoms with van der Waals surface area (Å²) < 4.78 is 37.2. The number of benzene rings is 1. The monoisotopic (exact) mass is 443 g/mol. The number of hydrogen-bond acceptors (Lipinski definition) is 6. The zero-order chi connectivity index (χ0) is 19.2. The molecular weight excluding hydrogens is 426 g/mol. The molecular formula is C16H18BrN3O5S. The van der Waals surface area contributed by atoms with E-state index < -0.39 is 15.9 Å². The molecule has 2 rings (SSSR count). The zero-order valence-electron chi connectivity index (χ0n) is 14.2. The first-order valence-corrected chi connectivity index (χ1v) is 9.74. The Balaban J connectivity index is 2.21. The second-order valence-electron chi connectivity index (χ2n) is 5.08. The summed E-state index contributed by atoms with van der Waals surface area (Å²) in [5.41, 5.74) is 0.629. The molecule has 0 fully saturated rings. The van der Waals surface area contributed by atoms with E-state index in [4.69, 9.17) is 9.47 Å². The Hall–Kier alpha value is -2.01. The van der Waals surface area contributed by atoms with Gasteiger partial charge in [0.25, 0.3) is 5.91 Å². The third-order valence-corrected chi connectivity index (χ3v) is 5.44. The Morgan fingerprint density at radius 1 is 1.23 bits per heavy atom. The number of carbonyl (C=O) groups is 1. The maximum Gasteiger partial charge on any atom is 0.256 e. The predicted molar refractivity (Wildman–Crippen MR) is 99.9 cm³/mol. The van der Waals surface area contributed by atoms with Gasteiger partial charge in [-0.05, 0) is 40.2 Å². The summed E-state index contributed by atoms with van der Waals surface area (Å²) in [6, 6.07) is 7.44. The smallest absolute Gasteiger partial charge is 0.256 e. The number of halogens is 1. The van der Waals surface area contributed by atoms with Crippen LogP contribution in [-0.4, -0.2) is 46.7 Å². The fourth-order valence-corrected chi connectivity index (χ4v) is 3.45.